The van der Waals surface area contributed by atoms with Crippen molar-refractivity contribution in [3.63, 3.8) is 0 Å². The van der Waals surface area contributed by atoms with Crippen molar-refractivity contribution in [1.29, 1.82) is 0 Å². The van der Waals surface area contributed by atoms with E-state index < -0.39 is 24.4 Å². The number of primary amides is 1. The molecule has 2 amide bonds. The van der Waals surface area contributed by atoms with Crippen LogP contribution in [-0.4, -0.2) is 37.6 Å². The molecule has 0 atom stereocenters. The number of esters is 1. The lowest BCUT2D eigenvalue weighted by molar-refractivity contribution is -0.148. The first-order chi connectivity index (χ1) is 10.6. The van der Waals surface area contributed by atoms with Crippen molar-refractivity contribution in [3.8, 4) is 0 Å². The summed E-state index contributed by atoms with van der Waals surface area (Å²) in [5.74, 6) is -1.95. The Balaban J connectivity index is 1.81. The maximum atomic E-state index is 11.6. The van der Waals surface area contributed by atoms with Crippen LogP contribution in [0.1, 0.15) is 10.4 Å². The van der Waals surface area contributed by atoms with Crippen molar-refractivity contribution >= 4 is 23.5 Å². The molecular formula is C14H14N2O6. The highest BCUT2D eigenvalue weighted by Gasteiger charge is 2.17. The SMILES string of the molecule is NC(=O)c1ccc(NC(=O)COC(=O)C2=COCCO2)cc1. The molecule has 0 saturated heterocycles. The Morgan fingerprint density at radius 3 is 2.50 bits per heavy atom. The van der Waals surface area contributed by atoms with Gasteiger partial charge in [-0.2, -0.15) is 0 Å². The third kappa shape index (κ3) is 4.23. The van der Waals surface area contributed by atoms with E-state index in [0.29, 0.717) is 17.9 Å². The summed E-state index contributed by atoms with van der Waals surface area (Å²) < 4.78 is 14.7. The molecular weight excluding hydrogens is 292 g/mol. The molecule has 22 heavy (non-hydrogen) atoms. The first kappa shape index (κ1) is 15.4. The molecule has 1 heterocycles. The maximum Gasteiger partial charge on any atom is 0.377 e. The van der Waals surface area contributed by atoms with E-state index in [1.54, 1.807) is 0 Å². The number of benzene rings is 1. The molecule has 2 rings (SSSR count). The first-order valence-electron chi connectivity index (χ1n) is 6.37. The largest absolute Gasteiger partial charge is 0.493 e. The van der Waals surface area contributed by atoms with Gasteiger partial charge in [0.2, 0.25) is 11.7 Å². The average molecular weight is 306 g/mol. The predicted octanol–water partition coefficient (Wildman–Crippen LogP) is 0.155. The number of carbonyl (C=O) groups excluding carboxylic acids is 3. The zero-order chi connectivity index (χ0) is 15.9. The van der Waals surface area contributed by atoms with E-state index in [9.17, 15) is 14.4 Å². The molecule has 0 bridgehead atoms. The van der Waals surface area contributed by atoms with Crippen LogP contribution in [0.5, 0.6) is 0 Å². The standard InChI is InChI=1S/C14H14N2O6/c15-13(18)9-1-3-10(4-2-9)16-12(17)8-22-14(19)11-7-20-5-6-21-11/h1-4,7H,5-6,8H2,(H2,15,18)(H,16,17). The minimum Gasteiger partial charge on any atom is -0.493 e. The van der Waals surface area contributed by atoms with Gasteiger partial charge in [-0.15, -0.1) is 0 Å². The number of ether oxygens (including phenoxy) is 3. The second kappa shape index (κ2) is 7.11. The summed E-state index contributed by atoms with van der Waals surface area (Å²) in [5.41, 5.74) is 5.88. The Morgan fingerprint density at radius 2 is 1.91 bits per heavy atom. The molecule has 0 aromatic heterocycles. The van der Waals surface area contributed by atoms with Crippen LogP contribution in [-0.2, 0) is 23.8 Å². The van der Waals surface area contributed by atoms with Crippen molar-refractivity contribution in [2.75, 3.05) is 25.1 Å². The van der Waals surface area contributed by atoms with Gasteiger partial charge < -0.3 is 25.3 Å². The Hall–Kier alpha value is -3.03. The fraction of sp³-hybridized carbons (Fsp3) is 0.214. The normalized spacial score (nSPS) is 13.2. The highest BCUT2D eigenvalue weighted by Crippen LogP contribution is 2.10. The van der Waals surface area contributed by atoms with Gasteiger partial charge in [0.05, 0.1) is 0 Å². The van der Waals surface area contributed by atoms with Crippen molar-refractivity contribution in [1.82, 2.24) is 0 Å². The van der Waals surface area contributed by atoms with Gasteiger partial charge in [0.15, 0.2) is 6.61 Å². The molecule has 0 spiro atoms. The van der Waals surface area contributed by atoms with Crippen LogP contribution in [0.3, 0.4) is 0 Å². The number of nitrogens with one attached hydrogen (secondary N) is 1. The fourth-order valence-electron chi connectivity index (χ4n) is 1.59. The fourth-order valence-corrected chi connectivity index (χ4v) is 1.59. The van der Waals surface area contributed by atoms with Gasteiger partial charge in [-0.25, -0.2) is 4.79 Å². The van der Waals surface area contributed by atoms with Crippen LogP contribution >= 0.6 is 0 Å². The van der Waals surface area contributed by atoms with Gasteiger partial charge in [-0.05, 0) is 24.3 Å². The van der Waals surface area contributed by atoms with Gasteiger partial charge >= 0.3 is 5.97 Å². The van der Waals surface area contributed by atoms with Crippen LogP contribution in [0, 0.1) is 0 Å². The molecule has 1 aliphatic rings. The Kier molecular flexibility index (Phi) is 4.97. The van der Waals surface area contributed by atoms with Crippen molar-refractivity contribution in [2.24, 2.45) is 5.73 Å². The summed E-state index contributed by atoms with van der Waals surface area (Å²) in [7, 11) is 0. The van der Waals surface area contributed by atoms with E-state index in [1.807, 2.05) is 0 Å². The van der Waals surface area contributed by atoms with Gasteiger partial charge in [0.25, 0.3) is 5.91 Å². The summed E-state index contributed by atoms with van der Waals surface area (Å²) in [4.78, 5) is 34.1. The average Bonchev–Trinajstić information content (AvgIpc) is 2.54. The number of hydrogen-bond donors (Lipinski definition) is 2. The third-order valence-corrected chi connectivity index (χ3v) is 2.64. The molecule has 8 nitrogen and oxygen atoms in total. The van der Waals surface area contributed by atoms with E-state index in [2.05, 4.69) is 5.32 Å². The van der Waals surface area contributed by atoms with E-state index in [1.165, 1.54) is 24.3 Å². The number of nitrogens with two attached hydrogens (primary N) is 1. The number of hydrogen-bond acceptors (Lipinski definition) is 6. The maximum absolute atomic E-state index is 11.6. The first-order valence-corrected chi connectivity index (χ1v) is 6.37. The number of amides is 2. The van der Waals surface area contributed by atoms with Crippen LogP contribution < -0.4 is 11.1 Å². The number of rotatable bonds is 5. The highest BCUT2D eigenvalue weighted by molar-refractivity contribution is 5.96. The minimum atomic E-state index is -0.779. The molecule has 116 valence electrons. The van der Waals surface area contributed by atoms with E-state index in [4.69, 9.17) is 19.9 Å². The van der Waals surface area contributed by atoms with Crippen molar-refractivity contribution in [3.05, 3.63) is 41.9 Å². The predicted molar refractivity (Wildman–Crippen MR) is 74.5 cm³/mol. The smallest absolute Gasteiger partial charge is 0.377 e. The van der Waals surface area contributed by atoms with Gasteiger partial charge in [0, 0.05) is 11.3 Å². The summed E-state index contributed by atoms with van der Waals surface area (Å²) >= 11 is 0. The zero-order valence-corrected chi connectivity index (χ0v) is 11.5. The Labute approximate surface area is 125 Å². The monoisotopic (exact) mass is 306 g/mol. The van der Waals surface area contributed by atoms with Crippen LogP contribution in [0.2, 0.25) is 0 Å². The van der Waals surface area contributed by atoms with Crippen molar-refractivity contribution < 1.29 is 28.6 Å². The molecule has 0 unspecified atom stereocenters. The highest BCUT2D eigenvalue weighted by atomic mass is 16.6. The lowest BCUT2D eigenvalue weighted by atomic mass is 10.2. The number of anilines is 1. The molecule has 0 fully saturated rings. The second-order valence-electron chi connectivity index (χ2n) is 4.27. The molecule has 0 aliphatic carbocycles. The lowest BCUT2D eigenvalue weighted by Gasteiger charge is -2.14. The second-order valence-corrected chi connectivity index (χ2v) is 4.27. The summed E-state index contributed by atoms with van der Waals surface area (Å²) in [5, 5.41) is 2.51. The lowest BCUT2D eigenvalue weighted by Crippen LogP contribution is -2.23. The van der Waals surface area contributed by atoms with Crippen molar-refractivity contribution in [2.45, 2.75) is 0 Å². The molecule has 0 saturated carbocycles. The molecule has 1 aromatic rings. The molecule has 3 N–H and O–H groups in total. The van der Waals surface area contributed by atoms with Crippen LogP contribution in [0.25, 0.3) is 0 Å². The molecule has 0 radical (unpaired) electrons. The zero-order valence-electron chi connectivity index (χ0n) is 11.5. The summed E-state index contributed by atoms with van der Waals surface area (Å²) in [6.07, 6.45) is 1.15. The summed E-state index contributed by atoms with van der Waals surface area (Å²) in [6.45, 7) is 0.134. The quantitative estimate of drug-likeness (QED) is 0.748. The third-order valence-electron chi connectivity index (χ3n) is 2.64. The number of carbonyl (C=O) groups is 3. The molecule has 1 aliphatic heterocycles. The Morgan fingerprint density at radius 1 is 1.18 bits per heavy atom. The van der Waals surface area contributed by atoms with Crippen LogP contribution in [0.15, 0.2) is 36.3 Å². The summed E-state index contributed by atoms with van der Waals surface area (Å²) in [6, 6.07) is 5.98. The van der Waals surface area contributed by atoms with Gasteiger partial charge in [-0.3, -0.25) is 9.59 Å². The minimum absolute atomic E-state index is 0.0788. The van der Waals surface area contributed by atoms with E-state index in [-0.39, 0.29) is 12.4 Å². The van der Waals surface area contributed by atoms with Crippen LogP contribution in [0.4, 0.5) is 5.69 Å². The van der Waals surface area contributed by atoms with Gasteiger partial charge in [-0.1, -0.05) is 0 Å². The topological polar surface area (TPSA) is 117 Å². The van der Waals surface area contributed by atoms with Gasteiger partial charge in [0.1, 0.15) is 19.5 Å². The Bertz CT molecular complexity index is 608. The van der Waals surface area contributed by atoms with E-state index >= 15 is 0 Å². The van der Waals surface area contributed by atoms with E-state index in [0.717, 1.165) is 6.26 Å². The molecule has 8 heteroatoms. The molecule has 1 aromatic carbocycles.